The van der Waals surface area contributed by atoms with Crippen molar-refractivity contribution in [2.75, 3.05) is 4.90 Å². The van der Waals surface area contributed by atoms with Gasteiger partial charge in [-0.2, -0.15) is 0 Å². The third-order valence-corrected chi connectivity index (χ3v) is 13.2. The fourth-order valence-electron chi connectivity index (χ4n) is 10.1. The fraction of sp³-hybridized carbons (Fsp3) is 0. The summed E-state index contributed by atoms with van der Waals surface area (Å²) in [5.41, 5.74) is 15.4. The third-order valence-electron chi connectivity index (χ3n) is 13.2. The van der Waals surface area contributed by atoms with Crippen LogP contribution in [-0.2, 0) is 0 Å². The monoisotopic (exact) mass is 828 g/mol. The lowest BCUT2D eigenvalue weighted by atomic mass is 9.96. The Hall–Kier alpha value is -8.66. The van der Waals surface area contributed by atoms with Crippen molar-refractivity contribution >= 4 is 82.4 Å². The van der Waals surface area contributed by atoms with Gasteiger partial charge < -0.3 is 13.9 Å². The van der Waals surface area contributed by atoms with E-state index in [1.165, 1.54) is 60.0 Å². The topological polar surface area (TPSA) is 21.3 Å². The number of hydrogen-bond donors (Lipinski definition) is 0. The Kier molecular flexibility index (Phi) is 8.53. The number of furan rings is 1. The predicted octanol–water partition coefficient (Wildman–Crippen LogP) is 17.5. The SMILES string of the molecule is c1ccc(N(c2ccc(-c3ccc(-c4cccc5ccccc45)cc3)cc2)c2ccc(-n3c4ccccc4c4ccccc43)cc2)c(-c2cccc3c2oc2cc4ccccc4cc23)c1. The highest BCUT2D eigenvalue weighted by Crippen LogP contribution is 2.45. The maximum atomic E-state index is 6.82. The van der Waals surface area contributed by atoms with Crippen LogP contribution in [0, 0.1) is 0 Å². The van der Waals surface area contributed by atoms with Crippen LogP contribution in [0.3, 0.4) is 0 Å². The van der Waals surface area contributed by atoms with Gasteiger partial charge in [-0.25, -0.2) is 0 Å². The zero-order valence-electron chi connectivity index (χ0n) is 35.4. The Balaban J connectivity index is 0.940. The summed E-state index contributed by atoms with van der Waals surface area (Å²) in [6, 6.07) is 87.6. The van der Waals surface area contributed by atoms with Gasteiger partial charge in [0.15, 0.2) is 0 Å². The van der Waals surface area contributed by atoms with Gasteiger partial charge in [0, 0.05) is 49.7 Å². The van der Waals surface area contributed by atoms with Crippen LogP contribution in [0.25, 0.3) is 104 Å². The van der Waals surface area contributed by atoms with Crippen LogP contribution >= 0.6 is 0 Å². The van der Waals surface area contributed by atoms with Gasteiger partial charge >= 0.3 is 0 Å². The molecule has 2 heterocycles. The number of benzene rings is 11. The second kappa shape index (κ2) is 15.0. The number of anilines is 3. The van der Waals surface area contributed by atoms with Gasteiger partial charge in [-0.05, 0) is 111 Å². The molecule has 0 aliphatic rings. The van der Waals surface area contributed by atoms with E-state index in [1.54, 1.807) is 0 Å². The van der Waals surface area contributed by atoms with Crippen molar-refractivity contribution < 1.29 is 4.42 Å². The molecule has 0 N–H and O–H groups in total. The molecule has 0 fully saturated rings. The zero-order chi connectivity index (χ0) is 42.8. The molecule has 0 amide bonds. The molecule has 65 heavy (non-hydrogen) atoms. The van der Waals surface area contributed by atoms with Gasteiger partial charge in [0.05, 0.1) is 16.7 Å². The van der Waals surface area contributed by atoms with Gasteiger partial charge in [-0.3, -0.25) is 0 Å². The lowest BCUT2D eigenvalue weighted by Crippen LogP contribution is -2.11. The summed E-state index contributed by atoms with van der Waals surface area (Å²) in [6.07, 6.45) is 0. The second-order valence-corrected chi connectivity index (χ2v) is 16.9. The maximum Gasteiger partial charge on any atom is 0.143 e. The van der Waals surface area contributed by atoms with Crippen molar-refractivity contribution in [1.82, 2.24) is 4.57 Å². The zero-order valence-corrected chi connectivity index (χ0v) is 35.4. The molecule has 0 spiro atoms. The van der Waals surface area contributed by atoms with Crippen LogP contribution in [0.5, 0.6) is 0 Å². The van der Waals surface area contributed by atoms with E-state index in [1.807, 2.05) is 0 Å². The first-order valence-electron chi connectivity index (χ1n) is 22.2. The molecular formula is C62H40N2O. The number of rotatable bonds is 7. The molecule has 0 unspecified atom stereocenters. The maximum absolute atomic E-state index is 6.82. The van der Waals surface area contributed by atoms with Crippen molar-refractivity contribution in [3.63, 3.8) is 0 Å². The first-order chi connectivity index (χ1) is 32.2. The van der Waals surface area contributed by atoms with E-state index >= 15 is 0 Å². The molecule has 0 aliphatic heterocycles. The van der Waals surface area contributed by atoms with Gasteiger partial charge in [0.25, 0.3) is 0 Å². The molecular weight excluding hydrogens is 789 g/mol. The molecule has 0 saturated carbocycles. The normalized spacial score (nSPS) is 11.7. The van der Waals surface area contributed by atoms with Crippen molar-refractivity contribution in [3.8, 4) is 39.1 Å². The number of para-hydroxylation sites is 4. The summed E-state index contributed by atoms with van der Waals surface area (Å²) >= 11 is 0. The molecule has 11 aromatic carbocycles. The molecule has 304 valence electrons. The molecule has 0 radical (unpaired) electrons. The standard InChI is InChI=1S/C62H40N2O/c1-2-15-46-40-61-57(39-45(46)14-1)56-23-12-22-55(62(56)65-61)54-20-7-8-24-58(54)63(48-35-37-49(38-36-48)64-59-25-9-5-18-52(59)53-19-6-10-26-60(53)64)47-33-31-42(32-34-47)41-27-29-44(30-28-41)51-21-11-16-43-13-3-4-17-50(43)51/h1-40H. The van der Waals surface area contributed by atoms with E-state index in [-0.39, 0.29) is 0 Å². The average Bonchev–Trinajstić information content (AvgIpc) is 3.91. The Morgan fingerprint density at radius 3 is 1.54 bits per heavy atom. The lowest BCUT2D eigenvalue weighted by Gasteiger charge is -2.28. The summed E-state index contributed by atoms with van der Waals surface area (Å²) in [6.45, 7) is 0. The number of fused-ring (bicyclic) bond motifs is 8. The molecule has 0 bridgehead atoms. The van der Waals surface area contributed by atoms with Gasteiger partial charge in [-0.1, -0.05) is 176 Å². The van der Waals surface area contributed by atoms with Crippen LogP contribution < -0.4 is 4.90 Å². The first-order valence-corrected chi connectivity index (χ1v) is 22.2. The van der Waals surface area contributed by atoms with Gasteiger partial charge in [0.1, 0.15) is 11.2 Å². The van der Waals surface area contributed by atoms with Gasteiger partial charge in [0.2, 0.25) is 0 Å². The Morgan fingerprint density at radius 2 is 0.815 bits per heavy atom. The first kappa shape index (κ1) is 36.9. The smallest absolute Gasteiger partial charge is 0.143 e. The molecule has 2 aromatic heterocycles. The Morgan fingerprint density at radius 1 is 0.323 bits per heavy atom. The van der Waals surface area contributed by atoms with Crippen molar-refractivity contribution in [2.45, 2.75) is 0 Å². The van der Waals surface area contributed by atoms with E-state index < -0.39 is 0 Å². The van der Waals surface area contributed by atoms with Crippen LogP contribution in [-0.4, -0.2) is 4.57 Å². The van der Waals surface area contributed by atoms with Gasteiger partial charge in [-0.15, -0.1) is 0 Å². The highest BCUT2D eigenvalue weighted by atomic mass is 16.3. The highest BCUT2D eigenvalue weighted by Gasteiger charge is 2.21. The quantitative estimate of drug-likeness (QED) is 0.160. The third kappa shape index (κ3) is 6.12. The van der Waals surface area contributed by atoms with Crippen molar-refractivity contribution in [1.29, 1.82) is 0 Å². The average molecular weight is 829 g/mol. The van der Waals surface area contributed by atoms with E-state index in [0.717, 1.165) is 61.4 Å². The predicted molar refractivity (Wildman–Crippen MR) is 274 cm³/mol. The minimum atomic E-state index is 0.884. The summed E-state index contributed by atoms with van der Waals surface area (Å²) in [5.74, 6) is 0. The second-order valence-electron chi connectivity index (χ2n) is 16.9. The van der Waals surface area contributed by atoms with E-state index in [9.17, 15) is 0 Å². The Bertz CT molecular complexity index is 3870. The highest BCUT2D eigenvalue weighted by molar-refractivity contribution is 6.14. The number of nitrogens with zero attached hydrogens (tertiary/aromatic N) is 2. The van der Waals surface area contributed by atoms with E-state index in [2.05, 4.69) is 252 Å². The molecule has 0 atom stereocenters. The summed E-state index contributed by atoms with van der Waals surface area (Å²) < 4.78 is 9.19. The fourth-order valence-corrected chi connectivity index (χ4v) is 10.1. The largest absolute Gasteiger partial charge is 0.455 e. The van der Waals surface area contributed by atoms with Crippen LogP contribution in [0.1, 0.15) is 0 Å². The minimum Gasteiger partial charge on any atom is -0.455 e. The minimum absolute atomic E-state index is 0.884. The van der Waals surface area contributed by atoms with Crippen LogP contribution in [0.4, 0.5) is 17.1 Å². The van der Waals surface area contributed by atoms with Crippen molar-refractivity contribution in [3.05, 3.63) is 243 Å². The van der Waals surface area contributed by atoms with E-state index in [4.69, 9.17) is 4.42 Å². The summed E-state index contributed by atoms with van der Waals surface area (Å²) in [7, 11) is 0. The molecule has 3 nitrogen and oxygen atoms in total. The number of aromatic nitrogens is 1. The summed E-state index contributed by atoms with van der Waals surface area (Å²) in [4.78, 5) is 2.38. The van der Waals surface area contributed by atoms with E-state index in [0.29, 0.717) is 0 Å². The van der Waals surface area contributed by atoms with Crippen LogP contribution in [0.15, 0.2) is 247 Å². The molecule has 13 rings (SSSR count). The Labute approximate surface area is 376 Å². The molecule has 0 aliphatic carbocycles. The van der Waals surface area contributed by atoms with Crippen molar-refractivity contribution in [2.24, 2.45) is 0 Å². The molecule has 13 aromatic rings. The lowest BCUT2D eigenvalue weighted by molar-refractivity contribution is 0.670. The van der Waals surface area contributed by atoms with Crippen LogP contribution in [0.2, 0.25) is 0 Å². The molecule has 3 heteroatoms. The molecule has 0 saturated heterocycles. The summed E-state index contributed by atoms with van der Waals surface area (Å²) in [5, 5.41) is 9.61. The number of hydrogen-bond acceptors (Lipinski definition) is 2.